The molecule has 12 rings (SSSR count). The molecule has 0 aliphatic carbocycles. The quantitative estimate of drug-likeness (QED) is 0.0468. The molecule has 7 aromatic heterocycles. The Kier molecular flexibility index (Phi) is 23.0. The Balaban J connectivity index is 0.00000152. The van der Waals surface area contributed by atoms with E-state index >= 15 is 19.2 Å². The number of carbonyl (C=O) groups excluding carboxylic acids is 7. The molecule has 1 saturated heterocycles. The molecule has 4 aliphatic rings. The summed E-state index contributed by atoms with van der Waals surface area (Å²) in [6.45, 7) is 5.33. The second-order valence-electron chi connectivity index (χ2n) is 25.4. The van der Waals surface area contributed by atoms with E-state index in [1.165, 1.54) is 59.5 Å². The largest absolute Gasteiger partial charge is 0.506 e. The van der Waals surface area contributed by atoms with E-state index in [4.69, 9.17) is 53.3 Å². The number of aromatic hydroxyl groups is 1. The number of nitrogens with zero attached hydrogens (tertiary/aromatic N) is 10. The number of likely N-dealkylation sites (N-methyl/N-ethyl adjacent to an activating group) is 3. The number of carboxylic acids is 1. The number of aliphatic carboxylic acids is 1. The summed E-state index contributed by atoms with van der Waals surface area (Å²) < 4.78 is 70.1. The van der Waals surface area contributed by atoms with Crippen molar-refractivity contribution < 1.29 is 106 Å². The molecule has 11 heterocycles. The summed E-state index contributed by atoms with van der Waals surface area (Å²) in [5.41, 5.74) is -2.06. The fourth-order valence-corrected chi connectivity index (χ4v) is 16.3. The standard InChI is InChI=1S/C63H68N14O17S5.C2HF3O2/c1-26(78)42-54(83)72-43(27(2)89-10)57-67-36(24-97-57)53(82)73-46-48-49(94-40-17-63(4,87)50(75(7)8)28(3)93-40)62(86)91-18-29-12-11-13-38-41(29)31(19-90-48)47(77(38)88)61(85)92-20-32(64-51(80)34-23-98-59(46)68-34)56-65-33(21-96-56)44-30(55-66-35(22-95-55)52(81)71-42)16-39(79)45(70-44)58-69-37(25-99-58)60(84)76(9)15-14-74(5)6;3-2(4,5)1(6)7/h11-13,16,21-26,28,32,40,42,46,48-50,78-79,87-88H,14-15,17-20H2,1-10H3,(H,64,80)(H,71,81)(H,72,83)(H,73,82);(H,6,7)/b43-27+;/t26-,28+,32+,40+,42+,46+,48+,49+,50-,63+;/m1./s1. The van der Waals surface area contributed by atoms with Gasteiger partial charge in [-0.2, -0.15) is 17.9 Å². The van der Waals surface area contributed by atoms with Crippen LogP contribution in [0.15, 0.2) is 56.9 Å². The first kappa shape index (κ1) is 77.6. The Morgan fingerprint density at radius 3 is 2.11 bits per heavy atom. The molecule has 0 radical (unpaired) electrons. The number of carboxylic acid groups (broad SMARTS) is 1. The van der Waals surface area contributed by atoms with Crippen LogP contribution in [0.25, 0.3) is 49.3 Å². The van der Waals surface area contributed by atoms with Gasteiger partial charge in [0.15, 0.2) is 18.1 Å². The van der Waals surface area contributed by atoms with E-state index in [2.05, 4.69) is 36.2 Å². The van der Waals surface area contributed by atoms with Gasteiger partial charge in [-0.3, -0.25) is 24.0 Å². The monoisotopic (exact) mass is 1570 g/mol. The predicted molar refractivity (Wildman–Crippen MR) is 373 cm³/mol. The van der Waals surface area contributed by atoms with Crippen LogP contribution in [-0.2, 0) is 56.0 Å². The second-order valence-corrected chi connectivity index (χ2v) is 29.7. The normalized spacial score (nSPS) is 23.2. The number of cyclic esters (lactones) is 2. The molecule has 1 aromatic carbocycles. The minimum absolute atomic E-state index is 0.00142. The number of aliphatic hydroxyl groups excluding tert-OH is 1. The third-order valence-corrected chi connectivity index (χ3v) is 21.7. The number of alkyl halides is 3. The van der Waals surface area contributed by atoms with Gasteiger partial charge in [-0.1, -0.05) is 12.1 Å². The molecule has 0 unspecified atom stereocenters. The lowest BCUT2D eigenvalue weighted by Gasteiger charge is -2.48. The average molecular weight is 1570 g/mol. The van der Waals surface area contributed by atoms with Crippen molar-refractivity contribution in [1.82, 2.24) is 70.6 Å². The van der Waals surface area contributed by atoms with Crippen LogP contribution in [0, 0.1) is 0 Å². The summed E-state index contributed by atoms with van der Waals surface area (Å²) in [5, 5.41) is 73.2. The van der Waals surface area contributed by atoms with E-state index in [-0.39, 0.29) is 111 Å². The van der Waals surface area contributed by atoms with E-state index in [1.807, 2.05) is 19.0 Å². The van der Waals surface area contributed by atoms with Crippen molar-refractivity contribution in [2.24, 2.45) is 0 Å². The lowest BCUT2D eigenvalue weighted by molar-refractivity contribution is -0.280. The van der Waals surface area contributed by atoms with Crippen molar-refractivity contribution >= 4 is 121 Å². The lowest BCUT2D eigenvalue weighted by atomic mass is 9.85. The molecule has 564 valence electrons. The number of pyridine rings is 1. The number of thiazole rings is 5. The Morgan fingerprint density at radius 1 is 0.811 bits per heavy atom. The Bertz CT molecular complexity index is 4760. The number of fused-ring (bicyclic) bond motifs is 15. The van der Waals surface area contributed by atoms with Gasteiger partial charge in [-0.05, 0) is 73.6 Å². The van der Waals surface area contributed by atoms with Crippen molar-refractivity contribution in [3.05, 3.63) is 112 Å². The molecule has 41 heteroatoms. The summed E-state index contributed by atoms with van der Waals surface area (Å²) in [4.78, 5) is 145. The number of aromatic nitrogens is 7. The van der Waals surface area contributed by atoms with Crippen molar-refractivity contribution in [3.8, 4) is 38.4 Å². The van der Waals surface area contributed by atoms with Crippen LogP contribution in [0.5, 0.6) is 5.75 Å². The third kappa shape index (κ3) is 16.4. The topological polar surface area (TPSA) is 433 Å². The number of esters is 2. The van der Waals surface area contributed by atoms with E-state index in [0.29, 0.717) is 23.4 Å². The number of allylic oxidation sites excluding steroid dienone is 1. The Hall–Kier alpha value is -9.53. The molecular weight excluding hydrogens is 1500 g/mol. The molecule has 33 nitrogen and oxygen atoms in total. The highest BCUT2D eigenvalue weighted by Gasteiger charge is 2.50. The summed E-state index contributed by atoms with van der Waals surface area (Å²) in [6, 6.07) is 0.856. The number of ether oxygens (including phenoxy) is 6. The smallest absolute Gasteiger partial charge is 0.490 e. The minimum Gasteiger partial charge on any atom is -0.506 e. The number of aliphatic hydroxyl groups is 2. The highest BCUT2D eigenvalue weighted by molar-refractivity contribution is 7.14. The number of benzene rings is 1. The van der Waals surface area contributed by atoms with Gasteiger partial charge in [-0.15, -0.1) is 56.7 Å². The maximum absolute atomic E-state index is 15.2. The SMILES string of the molecule is CO/C(C)=C1/NC(=O)[C@H]([C@@H](C)O)NC(=O)c2csc(n2)-c2cc(O)c(-c3nc(C(=O)N(C)CCN(C)C)cs3)nc2-c2csc(n2)[C@@H]2COC(=O)c3c4c5c(cccc5n3O)COC(=O)[C@@H](O[C@H]3C[C@](C)(O)[C@H](N(C)C)[C@H](C)O3)[C@@H](OC4)[C@H](NC(=O)c3csc1n3)c1nc(cs1)C(=O)N2.O=C(O)C(F)(F)F. The predicted octanol–water partition coefficient (Wildman–Crippen LogP) is 5.43. The maximum atomic E-state index is 15.2. The first-order valence-corrected chi connectivity index (χ1v) is 36.4. The van der Waals surface area contributed by atoms with Crippen LogP contribution in [0.4, 0.5) is 13.2 Å². The van der Waals surface area contributed by atoms with Gasteiger partial charge >= 0.3 is 24.1 Å². The number of hydrogen-bond donors (Lipinski definition) is 9. The van der Waals surface area contributed by atoms with Crippen LogP contribution in [-0.4, -0.2) is 239 Å². The summed E-state index contributed by atoms with van der Waals surface area (Å²) in [5.74, 6) is -9.30. The van der Waals surface area contributed by atoms with Gasteiger partial charge in [0, 0.05) is 70.0 Å². The average Bonchev–Trinajstić information content (AvgIpc) is 1.56. The Morgan fingerprint density at radius 2 is 1.44 bits per heavy atom. The van der Waals surface area contributed by atoms with E-state index in [9.17, 15) is 48.1 Å². The van der Waals surface area contributed by atoms with Crippen LogP contribution in [0.3, 0.4) is 0 Å². The zero-order valence-electron chi connectivity index (χ0n) is 57.7. The van der Waals surface area contributed by atoms with Gasteiger partial charge in [0.2, 0.25) is 5.91 Å². The molecule has 0 saturated carbocycles. The van der Waals surface area contributed by atoms with Crippen molar-refractivity contribution in [1.29, 1.82) is 0 Å². The molecule has 0 spiro atoms. The summed E-state index contributed by atoms with van der Waals surface area (Å²) >= 11 is 4.75. The number of nitrogens with one attached hydrogen (secondary N) is 4. The van der Waals surface area contributed by atoms with Crippen LogP contribution in [0.1, 0.15) is 125 Å². The molecular formula is C65H69F3N14O19S5. The second kappa shape index (κ2) is 31.5. The van der Waals surface area contributed by atoms with Crippen LogP contribution < -0.4 is 21.3 Å². The van der Waals surface area contributed by atoms with Crippen molar-refractivity contribution in [2.45, 2.75) is 114 Å². The third-order valence-electron chi connectivity index (χ3n) is 17.2. The number of carbonyl (C=O) groups is 8. The molecule has 10 atom stereocenters. The fourth-order valence-electron chi connectivity index (χ4n) is 12.1. The van der Waals surface area contributed by atoms with E-state index in [0.717, 1.165) is 56.7 Å². The molecule has 8 aromatic rings. The molecule has 5 amide bonds. The van der Waals surface area contributed by atoms with Crippen LogP contribution in [0.2, 0.25) is 0 Å². The number of hydrogen-bond acceptors (Lipinski definition) is 31. The number of methoxy groups -OCH3 is 1. The molecule has 9 N–H and O–H groups in total. The number of amides is 5. The zero-order chi connectivity index (χ0) is 76.7. The molecule has 12 bridgehead atoms. The van der Waals surface area contributed by atoms with Gasteiger partial charge in [0.1, 0.15) is 120 Å². The minimum atomic E-state index is -5.08. The molecule has 4 aliphatic heterocycles. The van der Waals surface area contributed by atoms with Gasteiger partial charge in [0.05, 0.1) is 43.1 Å². The highest BCUT2D eigenvalue weighted by Crippen LogP contribution is 2.43. The molecule has 106 heavy (non-hydrogen) atoms. The fraction of sp³-hybridized carbons (Fsp3) is 0.415. The van der Waals surface area contributed by atoms with Crippen LogP contribution >= 0.6 is 56.7 Å². The maximum Gasteiger partial charge on any atom is 0.490 e. The zero-order valence-corrected chi connectivity index (χ0v) is 61.8. The van der Waals surface area contributed by atoms with Gasteiger partial charge in [-0.25, -0.2) is 44.3 Å². The number of rotatable bonds is 10. The van der Waals surface area contributed by atoms with Crippen molar-refractivity contribution in [2.75, 3.05) is 62.0 Å². The first-order chi connectivity index (χ1) is 50.1. The lowest BCUT2D eigenvalue weighted by Crippen LogP contribution is -2.62. The molecule has 1 fully saturated rings. The summed E-state index contributed by atoms with van der Waals surface area (Å²) in [6.07, 6.45) is -12.5. The van der Waals surface area contributed by atoms with E-state index in [1.54, 1.807) is 57.4 Å². The highest BCUT2D eigenvalue weighted by atomic mass is 32.1. The van der Waals surface area contributed by atoms with Crippen molar-refractivity contribution in [3.63, 3.8) is 0 Å². The number of halogens is 3. The first-order valence-electron chi connectivity index (χ1n) is 32.0. The Labute approximate surface area is 619 Å². The van der Waals surface area contributed by atoms with E-state index < -0.39 is 139 Å². The summed E-state index contributed by atoms with van der Waals surface area (Å²) in [7, 11) is 10.3. The van der Waals surface area contributed by atoms with Gasteiger partial charge in [0.25, 0.3) is 23.6 Å². The van der Waals surface area contributed by atoms with Gasteiger partial charge < -0.3 is 90.0 Å².